The van der Waals surface area contributed by atoms with Crippen molar-refractivity contribution in [2.45, 2.75) is 46.5 Å². The Hall–Kier alpha value is -4.39. The highest BCUT2D eigenvalue weighted by atomic mass is 16.5. The van der Waals surface area contributed by atoms with Gasteiger partial charge in [0.05, 0.1) is 12.1 Å². The first-order valence-corrected chi connectivity index (χ1v) is 13.8. The van der Waals surface area contributed by atoms with Crippen LogP contribution in [0.5, 0.6) is 0 Å². The summed E-state index contributed by atoms with van der Waals surface area (Å²) in [6, 6.07) is 22.3. The first-order valence-electron chi connectivity index (χ1n) is 13.8. The molecule has 208 valence electrons. The maximum atomic E-state index is 13.7. The molecular formula is C33H37N3O4. The van der Waals surface area contributed by atoms with Crippen LogP contribution in [0.25, 0.3) is 5.52 Å². The van der Waals surface area contributed by atoms with Crippen LogP contribution >= 0.6 is 0 Å². The number of nitrogens with zero attached hydrogens (tertiary/aromatic N) is 2. The number of pyridine rings is 1. The Morgan fingerprint density at radius 3 is 2.48 bits per heavy atom. The quantitative estimate of drug-likeness (QED) is 0.166. The van der Waals surface area contributed by atoms with Crippen molar-refractivity contribution in [2.75, 3.05) is 23.9 Å². The fraction of sp³-hybridized carbons (Fsp3) is 0.303. The highest BCUT2D eigenvalue weighted by Crippen LogP contribution is 2.24. The lowest BCUT2D eigenvalue weighted by atomic mass is 10.0. The van der Waals surface area contributed by atoms with Crippen LogP contribution in [0.1, 0.15) is 60.8 Å². The fourth-order valence-corrected chi connectivity index (χ4v) is 4.78. The van der Waals surface area contributed by atoms with E-state index in [1.807, 2.05) is 59.1 Å². The van der Waals surface area contributed by atoms with Gasteiger partial charge in [-0.25, -0.2) is 4.79 Å². The lowest BCUT2D eigenvalue weighted by Gasteiger charge is -2.19. The molecule has 0 aliphatic rings. The summed E-state index contributed by atoms with van der Waals surface area (Å²) in [6.45, 7) is 6.52. The van der Waals surface area contributed by atoms with Crippen molar-refractivity contribution < 1.29 is 19.1 Å². The topological polar surface area (TPSA) is 80.1 Å². The third-order valence-electron chi connectivity index (χ3n) is 6.77. The number of anilines is 2. The van der Waals surface area contributed by atoms with Gasteiger partial charge in [-0.05, 0) is 80.1 Å². The van der Waals surface area contributed by atoms with E-state index < -0.39 is 0 Å². The number of amides is 2. The number of hydrogen-bond donors (Lipinski definition) is 1. The summed E-state index contributed by atoms with van der Waals surface area (Å²) in [4.78, 5) is 39.9. The third kappa shape index (κ3) is 6.97. The molecule has 0 saturated carbocycles. The molecule has 4 aromatic rings. The molecule has 0 aliphatic carbocycles. The smallest absolute Gasteiger partial charge is 0.326 e. The van der Waals surface area contributed by atoms with Crippen molar-refractivity contribution in [1.29, 1.82) is 0 Å². The number of aryl methyl sites for hydroxylation is 1. The minimum Gasteiger partial charge on any atom is -0.466 e. The standard InChI is InChI=1S/C33H37N3O4/c1-5-40-31(37)14-9-12-28-22-29(30-13-6-7-19-36(28)30)32(38)25-10-8-11-27(21-25)35(4)33(39)34-26-17-15-24(16-18-26)20-23(2)3/h6-8,10-11,13,15-19,21-23H,5,9,12,14,20H2,1-4H3,(H,34,39). The number of ether oxygens (including phenoxy) is 1. The SMILES string of the molecule is CCOC(=O)CCCc1cc(C(=O)c2cccc(N(C)C(=O)Nc3ccc(CC(C)C)cc3)c2)c2ccccn12. The average molecular weight is 540 g/mol. The summed E-state index contributed by atoms with van der Waals surface area (Å²) in [5, 5.41) is 2.93. The molecule has 0 atom stereocenters. The Morgan fingerprint density at radius 1 is 0.975 bits per heavy atom. The van der Waals surface area contributed by atoms with E-state index in [0.29, 0.717) is 54.3 Å². The summed E-state index contributed by atoms with van der Waals surface area (Å²) in [5.41, 5.74) is 5.38. The zero-order valence-corrected chi connectivity index (χ0v) is 23.6. The number of urea groups is 1. The largest absolute Gasteiger partial charge is 0.466 e. The molecule has 40 heavy (non-hydrogen) atoms. The van der Waals surface area contributed by atoms with Crippen LogP contribution in [-0.4, -0.2) is 35.8 Å². The van der Waals surface area contributed by atoms with E-state index in [0.717, 1.165) is 17.6 Å². The van der Waals surface area contributed by atoms with E-state index in [1.165, 1.54) is 10.5 Å². The summed E-state index contributed by atoms with van der Waals surface area (Å²) in [6.07, 6.45) is 4.51. The van der Waals surface area contributed by atoms with Gasteiger partial charge in [0.2, 0.25) is 0 Å². The summed E-state index contributed by atoms with van der Waals surface area (Å²) >= 11 is 0. The fourth-order valence-electron chi connectivity index (χ4n) is 4.78. The second kappa shape index (κ2) is 13.1. The summed E-state index contributed by atoms with van der Waals surface area (Å²) in [7, 11) is 1.68. The highest BCUT2D eigenvalue weighted by Gasteiger charge is 2.19. The molecule has 2 amide bonds. The molecule has 0 saturated heterocycles. The maximum absolute atomic E-state index is 13.7. The monoisotopic (exact) mass is 539 g/mol. The van der Waals surface area contributed by atoms with Gasteiger partial charge < -0.3 is 14.5 Å². The lowest BCUT2D eigenvalue weighted by Crippen LogP contribution is -2.31. The molecule has 7 nitrogen and oxygen atoms in total. The Morgan fingerprint density at radius 2 is 1.75 bits per heavy atom. The van der Waals surface area contributed by atoms with E-state index in [4.69, 9.17) is 4.74 Å². The van der Waals surface area contributed by atoms with Crippen molar-refractivity contribution in [3.63, 3.8) is 0 Å². The van der Waals surface area contributed by atoms with E-state index in [2.05, 4.69) is 19.2 Å². The maximum Gasteiger partial charge on any atom is 0.326 e. The van der Waals surface area contributed by atoms with Crippen LogP contribution in [0.2, 0.25) is 0 Å². The van der Waals surface area contributed by atoms with Gasteiger partial charge in [-0.15, -0.1) is 0 Å². The Balaban J connectivity index is 1.49. The average Bonchev–Trinajstić information content (AvgIpc) is 3.32. The highest BCUT2D eigenvalue weighted by molar-refractivity contribution is 6.14. The molecule has 2 heterocycles. The van der Waals surface area contributed by atoms with Crippen LogP contribution < -0.4 is 10.2 Å². The van der Waals surface area contributed by atoms with Crippen LogP contribution in [-0.2, 0) is 22.4 Å². The number of carbonyl (C=O) groups excluding carboxylic acids is 3. The van der Waals surface area contributed by atoms with Crippen LogP contribution in [0.4, 0.5) is 16.2 Å². The van der Waals surface area contributed by atoms with Gasteiger partial charge in [0, 0.05) is 47.9 Å². The van der Waals surface area contributed by atoms with Gasteiger partial charge in [0.25, 0.3) is 0 Å². The first-order chi connectivity index (χ1) is 19.3. The minimum atomic E-state index is -0.292. The van der Waals surface area contributed by atoms with E-state index >= 15 is 0 Å². The van der Waals surface area contributed by atoms with Crippen LogP contribution in [0.3, 0.4) is 0 Å². The van der Waals surface area contributed by atoms with Crippen LogP contribution in [0, 0.1) is 5.92 Å². The number of fused-ring (bicyclic) bond motifs is 1. The minimum absolute atomic E-state index is 0.128. The van der Waals surface area contributed by atoms with E-state index in [9.17, 15) is 14.4 Å². The van der Waals surface area contributed by atoms with E-state index in [1.54, 1.807) is 38.2 Å². The number of carbonyl (C=O) groups is 3. The Labute approximate surface area is 235 Å². The molecule has 0 radical (unpaired) electrons. The molecule has 1 N–H and O–H groups in total. The van der Waals surface area contributed by atoms with Crippen LogP contribution in [0.15, 0.2) is 79.0 Å². The molecule has 0 aliphatic heterocycles. The predicted octanol–water partition coefficient (Wildman–Crippen LogP) is 6.92. The first kappa shape index (κ1) is 28.6. The molecule has 0 unspecified atom stereocenters. The second-order valence-corrected chi connectivity index (χ2v) is 10.3. The normalized spacial score (nSPS) is 11.0. The van der Waals surface area contributed by atoms with Gasteiger partial charge in [0.15, 0.2) is 5.78 Å². The molecule has 0 spiro atoms. The molecule has 4 rings (SSSR count). The second-order valence-electron chi connectivity index (χ2n) is 10.3. The summed E-state index contributed by atoms with van der Waals surface area (Å²) in [5.74, 6) is 0.221. The lowest BCUT2D eigenvalue weighted by molar-refractivity contribution is -0.143. The Kier molecular flexibility index (Phi) is 9.38. The van der Waals surface area contributed by atoms with Gasteiger partial charge in [-0.3, -0.25) is 14.5 Å². The Bertz CT molecular complexity index is 1490. The number of ketones is 1. The zero-order valence-electron chi connectivity index (χ0n) is 23.6. The van der Waals surface area contributed by atoms with Gasteiger partial charge in [0.1, 0.15) is 0 Å². The number of rotatable bonds is 11. The van der Waals surface area contributed by atoms with Crippen molar-refractivity contribution in [3.05, 3.63) is 101 Å². The van der Waals surface area contributed by atoms with Crippen molar-refractivity contribution in [1.82, 2.24) is 4.40 Å². The van der Waals surface area contributed by atoms with Gasteiger partial charge in [-0.2, -0.15) is 0 Å². The molecular weight excluding hydrogens is 502 g/mol. The number of nitrogens with one attached hydrogen (secondary N) is 1. The predicted molar refractivity (Wildman–Crippen MR) is 159 cm³/mol. The van der Waals surface area contributed by atoms with Crippen molar-refractivity contribution in [2.24, 2.45) is 5.92 Å². The number of aromatic nitrogens is 1. The van der Waals surface area contributed by atoms with Gasteiger partial charge >= 0.3 is 12.0 Å². The summed E-state index contributed by atoms with van der Waals surface area (Å²) < 4.78 is 7.03. The molecule has 0 fully saturated rings. The van der Waals surface area contributed by atoms with Crippen molar-refractivity contribution >= 4 is 34.7 Å². The zero-order chi connectivity index (χ0) is 28.6. The molecule has 2 aromatic heterocycles. The van der Waals surface area contributed by atoms with Gasteiger partial charge in [-0.1, -0.05) is 44.2 Å². The number of hydrogen-bond acceptors (Lipinski definition) is 4. The number of benzene rings is 2. The molecule has 2 aromatic carbocycles. The van der Waals surface area contributed by atoms with Crippen molar-refractivity contribution in [3.8, 4) is 0 Å². The molecule has 0 bridgehead atoms. The number of esters is 1. The van der Waals surface area contributed by atoms with E-state index in [-0.39, 0.29) is 17.8 Å². The molecule has 7 heteroatoms. The third-order valence-corrected chi connectivity index (χ3v) is 6.77.